The zero-order valence-electron chi connectivity index (χ0n) is 33.8. The summed E-state index contributed by atoms with van der Waals surface area (Å²) in [5.74, 6) is -1.75. The maximum absolute atomic E-state index is 12.7. The van der Waals surface area contributed by atoms with E-state index in [1.54, 1.807) is 21.1 Å². The van der Waals surface area contributed by atoms with E-state index in [2.05, 4.69) is 38.2 Å². The molecule has 0 aromatic rings. The summed E-state index contributed by atoms with van der Waals surface area (Å²) in [7, 11) is 5.40. The molecule has 8 heteroatoms. The van der Waals surface area contributed by atoms with Gasteiger partial charge in [-0.1, -0.05) is 141 Å². The van der Waals surface area contributed by atoms with Gasteiger partial charge in [0.2, 0.25) is 0 Å². The van der Waals surface area contributed by atoms with E-state index in [0.717, 1.165) is 64.2 Å². The first-order valence-corrected chi connectivity index (χ1v) is 20.9. The van der Waals surface area contributed by atoms with Crippen molar-refractivity contribution in [3.05, 3.63) is 24.3 Å². The molecule has 0 aliphatic heterocycles. The normalized spacial score (nSPS) is 13.2. The molecule has 2 unspecified atom stereocenters. The van der Waals surface area contributed by atoms with Crippen molar-refractivity contribution in [3.8, 4) is 0 Å². The van der Waals surface area contributed by atoms with Gasteiger partial charge in [-0.25, -0.2) is 0 Å². The van der Waals surface area contributed by atoms with E-state index in [9.17, 15) is 19.5 Å². The van der Waals surface area contributed by atoms with Crippen LogP contribution in [0, 0.1) is 0 Å². The first kappa shape index (κ1) is 48.8. The number of hydrogen-bond acceptors (Lipinski definition) is 7. The van der Waals surface area contributed by atoms with Gasteiger partial charge in [0, 0.05) is 19.3 Å². The number of ether oxygens (including phenoxy) is 3. The van der Waals surface area contributed by atoms with Crippen LogP contribution in [-0.2, 0) is 28.6 Å². The number of carbonyl (C=O) groups is 3. The molecule has 0 aliphatic carbocycles. The zero-order valence-corrected chi connectivity index (χ0v) is 33.8. The average Bonchev–Trinajstić information content (AvgIpc) is 3.08. The van der Waals surface area contributed by atoms with E-state index in [0.29, 0.717) is 12.8 Å². The van der Waals surface area contributed by atoms with Crippen LogP contribution < -0.4 is 5.11 Å². The fourth-order valence-corrected chi connectivity index (χ4v) is 6.04. The van der Waals surface area contributed by atoms with Gasteiger partial charge in [0.15, 0.2) is 6.10 Å². The number of likely N-dealkylation sites (N-methyl/N-ethyl adjacent to an activating group) is 1. The van der Waals surface area contributed by atoms with E-state index in [4.69, 9.17) is 14.2 Å². The summed E-state index contributed by atoms with van der Waals surface area (Å²) in [4.78, 5) is 36.7. The third kappa shape index (κ3) is 33.4. The molecule has 0 amide bonds. The zero-order chi connectivity index (χ0) is 37.8. The van der Waals surface area contributed by atoms with E-state index in [1.807, 2.05) is 0 Å². The summed E-state index contributed by atoms with van der Waals surface area (Å²) in [5, 5.41) is 11.6. The summed E-state index contributed by atoms with van der Waals surface area (Å²) < 4.78 is 17.1. The maximum atomic E-state index is 12.7. The molecule has 0 N–H and O–H groups in total. The molecule has 0 aliphatic rings. The van der Waals surface area contributed by atoms with Crippen molar-refractivity contribution in [2.75, 3.05) is 41.0 Å². The van der Waals surface area contributed by atoms with Crippen molar-refractivity contribution >= 4 is 17.9 Å². The standard InChI is InChI=1S/C43H79NO7/c1-6-8-10-12-14-16-18-20-21-22-24-26-28-30-32-34-42(46)51-39(37-49-36-35-40(43(47)48)44(3,4)5)38-50-41(45)33-31-29-27-25-23-19-17-15-13-11-9-7-2/h14,16,20-21,39-40H,6-13,15,17-19,22-38H2,1-5H3/b16-14-,21-20-. The van der Waals surface area contributed by atoms with E-state index < -0.39 is 18.1 Å². The van der Waals surface area contributed by atoms with Gasteiger partial charge in [-0.05, 0) is 44.9 Å². The Hall–Kier alpha value is -2.19. The van der Waals surface area contributed by atoms with Crippen LogP contribution in [0.5, 0.6) is 0 Å². The molecule has 51 heavy (non-hydrogen) atoms. The number of esters is 2. The highest BCUT2D eigenvalue weighted by molar-refractivity contribution is 5.70. The van der Waals surface area contributed by atoms with E-state index in [1.165, 1.54) is 83.5 Å². The number of allylic oxidation sites excluding steroid dienone is 4. The summed E-state index contributed by atoms with van der Waals surface area (Å²) in [5.41, 5.74) is 0. The van der Waals surface area contributed by atoms with Crippen LogP contribution in [-0.4, -0.2) is 75.5 Å². The fourth-order valence-electron chi connectivity index (χ4n) is 6.04. The highest BCUT2D eigenvalue weighted by atomic mass is 16.6. The molecular formula is C43H79NO7. The number of carboxylic acids is 1. The van der Waals surface area contributed by atoms with Crippen molar-refractivity contribution in [1.29, 1.82) is 0 Å². The minimum Gasteiger partial charge on any atom is -0.544 e. The summed E-state index contributed by atoms with van der Waals surface area (Å²) in [6, 6.07) is -0.724. The van der Waals surface area contributed by atoms with Crippen LogP contribution in [0.4, 0.5) is 0 Å². The maximum Gasteiger partial charge on any atom is 0.306 e. The van der Waals surface area contributed by atoms with Gasteiger partial charge in [-0.3, -0.25) is 9.59 Å². The number of rotatable bonds is 37. The van der Waals surface area contributed by atoms with Gasteiger partial charge in [-0.2, -0.15) is 0 Å². The Morgan fingerprint density at radius 1 is 0.588 bits per heavy atom. The van der Waals surface area contributed by atoms with Crippen LogP contribution in [0.2, 0.25) is 0 Å². The molecule has 0 rings (SSSR count). The SMILES string of the molecule is CCCCC/C=C\C/C=C\CCCCCCCC(=O)OC(COCCC(C(=O)[O-])[N+](C)(C)C)COC(=O)CCCCCCCCCCCCCC. The largest absolute Gasteiger partial charge is 0.544 e. The van der Waals surface area contributed by atoms with Crippen LogP contribution >= 0.6 is 0 Å². The van der Waals surface area contributed by atoms with Crippen LogP contribution in [0.1, 0.15) is 181 Å². The molecule has 0 fully saturated rings. The predicted molar refractivity (Wildman–Crippen MR) is 208 cm³/mol. The fraction of sp³-hybridized carbons (Fsp3) is 0.837. The highest BCUT2D eigenvalue weighted by Crippen LogP contribution is 2.14. The van der Waals surface area contributed by atoms with Gasteiger partial charge < -0.3 is 28.6 Å². The van der Waals surface area contributed by atoms with Crippen molar-refractivity contribution in [1.82, 2.24) is 0 Å². The second kappa shape index (κ2) is 34.9. The molecule has 0 spiro atoms. The number of nitrogens with zero attached hydrogens (tertiary/aromatic N) is 1. The summed E-state index contributed by atoms with van der Waals surface area (Å²) >= 11 is 0. The first-order chi connectivity index (χ1) is 24.6. The Morgan fingerprint density at radius 3 is 1.55 bits per heavy atom. The monoisotopic (exact) mass is 722 g/mol. The molecule has 0 aromatic carbocycles. The summed E-state index contributed by atoms with van der Waals surface area (Å²) in [6.45, 7) is 4.62. The third-order valence-corrected chi connectivity index (χ3v) is 9.34. The quantitative estimate of drug-likeness (QED) is 0.0273. The Kier molecular flexibility index (Phi) is 33.4. The molecule has 0 heterocycles. The Labute approximate surface area is 313 Å². The molecule has 0 aromatic heterocycles. The number of carbonyl (C=O) groups excluding carboxylic acids is 3. The lowest BCUT2D eigenvalue weighted by Gasteiger charge is -2.34. The van der Waals surface area contributed by atoms with Gasteiger partial charge in [0.05, 0.1) is 40.3 Å². The van der Waals surface area contributed by atoms with E-state index in [-0.39, 0.29) is 42.7 Å². The van der Waals surface area contributed by atoms with Crippen molar-refractivity contribution in [2.45, 2.75) is 193 Å². The van der Waals surface area contributed by atoms with Gasteiger partial charge >= 0.3 is 11.9 Å². The van der Waals surface area contributed by atoms with Crippen molar-refractivity contribution in [3.63, 3.8) is 0 Å². The van der Waals surface area contributed by atoms with Crippen LogP contribution in [0.15, 0.2) is 24.3 Å². The Morgan fingerprint density at radius 2 is 1.04 bits per heavy atom. The lowest BCUT2D eigenvalue weighted by molar-refractivity contribution is -0.889. The molecule has 298 valence electrons. The predicted octanol–water partition coefficient (Wildman–Crippen LogP) is 9.58. The number of aliphatic carboxylic acids is 1. The Balaban J connectivity index is 4.40. The summed E-state index contributed by atoms with van der Waals surface area (Å²) in [6.07, 6.45) is 36.2. The molecule has 8 nitrogen and oxygen atoms in total. The molecular weight excluding hydrogens is 642 g/mol. The van der Waals surface area contributed by atoms with Crippen molar-refractivity contribution in [2.24, 2.45) is 0 Å². The molecule has 0 saturated carbocycles. The number of hydrogen-bond donors (Lipinski definition) is 0. The van der Waals surface area contributed by atoms with Crippen molar-refractivity contribution < 1.29 is 38.2 Å². The topological polar surface area (TPSA) is 102 Å². The lowest BCUT2D eigenvalue weighted by Crippen LogP contribution is -2.55. The number of quaternary nitrogens is 1. The van der Waals surface area contributed by atoms with Gasteiger partial charge in [0.1, 0.15) is 12.6 Å². The number of carboxylic acid groups (broad SMARTS) is 1. The number of unbranched alkanes of at least 4 members (excludes halogenated alkanes) is 19. The third-order valence-electron chi connectivity index (χ3n) is 9.34. The Bertz CT molecular complexity index is 895. The van der Waals surface area contributed by atoms with Crippen LogP contribution in [0.25, 0.3) is 0 Å². The second-order valence-corrected chi connectivity index (χ2v) is 15.2. The van der Waals surface area contributed by atoms with E-state index >= 15 is 0 Å². The smallest absolute Gasteiger partial charge is 0.306 e. The molecule has 0 saturated heterocycles. The van der Waals surface area contributed by atoms with Gasteiger partial charge in [0.25, 0.3) is 0 Å². The molecule has 2 atom stereocenters. The van der Waals surface area contributed by atoms with Gasteiger partial charge in [-0.15, -0.1) is 0 Å². The molecule has 0 bridgehead atoms. The highest BCUT2D eigenvalue weighted by Gasteiger charge is 2.25. The average molecular weight is 722 g/mol. The molecule has 0 radical (unpaired) electrons. The minimum absolute atomic E-state index is 0.0384. The lowest BCUT2D eigenvalue weighted by atomic mass is 10.0. The minimum atomic E-state index is -1.13. The first-order valence-electron chi connectivity index (χ1n) is 20.9. The van der Waals surface area contributed by atoms with Crippen LogP contribution in [0.3, 0.4) is 0 Å². The second-order valence-electron chi connectivity index (χ2n) is 15.2.